The van der Waals surface area contributed by atoms with Gasteiger partial charge < -0.3 is 10.0 Å². The van der Waals surface area contributed by atoms with Gasteiger partial charge in [0.2, 0.25) is 0 Å². The third kappa shape index (κ3) is 2.43. The van der Waals surface area contributed by atoms with E-state index < -0.39 is 5.97 Å². The SMILES string of the molecule is Cc1cc(C#N)cc(N2Cc3ccc(C(=O)O)cc3C2)n1. The summed E-state index contributed by atoms with van der Waals surface area (Å²) in [5.74, 6) is -0.170. The van der Waals surface area contributed by atoms with E-state index in [1.54, 1.807) is 24.3 Å². The third-order valence-corrected chi connectivity index (χ3v) is 3.57. The molecule has 0 atom stereocenters. The molecule has 0 saturated heterocycles. The standard InChI is InChI=1S/C16H13N3O2/c1-10-4-11(7-17)5-15(18-10)19-8-13-3-2-12(16(20)21)6-14(13)9-19/h2-6H,8-9H2,1H3,(H,20,21). The van der Waals surface area contributed by atoms with E-state index in [4.69, 9.17) is 10.4 Å². The maximum Gasteiger partial charge on any atom is 0.335 e. The van der Waals surface area contributed by atoms with E-state index in [2.05, 4.69) is 11.1 Å². The highest BCUT2D eigenvalue weighted by atomic mass is 16.4. The molecule has 104 valence electrons. The van der Waals surface area contributed by atoms with Gasteiger partial charge in [0.25, 0.3) is 0 Å². The third-order valence-electron chi connectivity index (χ3n) is 3.57. The summed E-state index contributed by atoms with van der Waals surface area (Å²) in [4.78, 5) is 17.5. The molecule has 0 spiro atoms. The van der Waals surface area contributed by atoms with E-state index in [0.29, 0.717) is 24.2 Å². The molecule has 5 nitrogen and oxygen atoms in total. The molecule has 0 aliphatic carbocycles. The number of aryl methyl sites for hydroxylation is 1. The van der Waals surface area contributed by atoms with E-state index in [-0.39, 0.29) is 0 Å². The molecule has 5 heteroatoms. The quantitative estimate of drug-likeness (QED) is 0.913. The Morgan fingerprint density at radius 1 is 1.29 bits per heavy atom. The lowest BCUT2D eigenvalue weighted by atomic mass is 10.1. The van der Waals surface area contributed by atoms with Crippen molar-refractivity contribution < 1.29 is 9.90 Å². The number of pyridine rings is 1. The van der Waals surface area contributed by atoms with Crippen LogP contribution in [0, 0.1) is 18.3 Å². The molecule has 0 saturated carbocycles. The second-order valence-electron chi connectivity index (χ2n) is 5.11. The van der Waals surface area contributed by atoms with E-state index >= 15 is 0 Å². The number of nitrogens with zero attached hydrogens (tertiary/aromatic N) is 3. The number of anilines is 1. The first-order valence-corrected chi connectivity index (χ1v) is 6.55. The Bertz CT molecular complexity index is 778. The van der Waals surface area contributed by atoms with Crippen molar-refractivity contribution in [3.8, 4) is 6.07 Å². The fraction of sp³-hybridized carbons (Fsp3) is 0.188. The molecule has 0 amide bonds. The lowest BCUT2D eigenvalue weighted by molar-refractivity contribution is 0.0697. The summed E-state index contributed by atoms with van der Waals surface area (Å²) in [6.45, 7) is 3.14. The fourth-order valence-corrected chi connectivity index (χ4v) is 2.57. The molecule has 0 radical (unpaired) electrons. The first-order chi connectivity index (χ1) is 10.1. The Balaban J connectivity index is 1.93. The maximum absolute atomic E-state index is 11.0. The highest BCUT2D eigenvalue weighted by molar-refractivity contribution is 5.88. The molecular weight excluding hydrogens is 266 g/mol. The van der Waals surface area contributed by atoms with Gasteiger partial charge in [-0.2, -0.15) is 5.26 Å². The van der Waals surface area contributed by atoms with Crippen molar-refractivity contribution in [2.24, 2.45) is 0 Å². The van der Waals surface area contributed by atoms with Gasteiger partial charge in [-0.1, -0.05) is 6.07 Å². The Hall–Kier alpha value is -2.87. The summed E-state index contributed by atoms with van der Waals surface area (Å²) < 4.78 is 0. The molecule has 21 heavy (non-hydrogen) atoms. The van der Waals surface area contributed by atoms with Crippen LogP contribution < -0.4 is 4.90 Å². The molecule has 2 aromatic rings. The number of aromatic nitrogens is 1. The summed E-state index contributed by atoms with van der Waals surface area (Å²) in [6.07, 6.45) is 0. The van der Waals surface area contributed by atoms with Crippen LogP contribution in [0.5, 0.6) is 0 Å². The Kier molecular flexibility index (Phi) is 3.07. The van der Waals surface area contributed by atoms with E-state index in [1.165, 1.54) is 0 Å². The average Bonchev–Trinajstić information content (AvgIpc) is 2.89. The second kappa shape index (κ2) is 4.91. The molecule has 1 aliphatic rings. The highest BCUT2D eigenvalue weighted by Gasteiger charge is 2.21. The molecule has 1 aromatic carbocycles. The van der Waals surface area contributed by atoms with Crippen LogP contribution in [0.4, 0.5) is 5.82 Å². The minimum Gasteiger partial charge on any atom is -0.478 e. The van der Waals surface area contributed by atoms with Crippen LogP contribution in [0.3, 0.4) is 0 Å². The predicted molar refractivity (Wildman–Crippen MR) is 77.0 cm³/mol. The van der Waals surface area contributed by atoms with E-state index in [1.807, 2.05) is 17.9 Å². The van der Waals surface area contributed by atoms with Gasteiger partial charge in [-0.3, -0.25) is 0 Å². The summed E-state index contributed by atoms with van der Waals surface area (Å²) in [5.41, 5.74) is 3.77. The largest absolute Gasteiger partial charge is 0.478 e. The summed E-state index contributed by atoms with van der Waals surface area (Å²) in [5, 5.41) is 18.1. The number of hydrogen-bond acceptors (Lipinski definition) is 4. The van der Waals surface area contributed by atoms with Gasteiger partial charge in [-0.25, -0.2) is 9.78 Å². The van der Waals surface area contributed by atoms with Gasteiger partial charge in [-0.05, 0) is 42.3 Å². The molecule has 0 fully saturated rings. The Morgan fingerprint density at radius 3 is 2.76 bits per heavy atom. The number of fused-ring (bicyclic) bond motifs is 1. The summed E-state index contributed by atoms with van der Waals surface area (Å²) in [6, 6.07) is 10.8. The number of rotatable bonds is 2. The maximum atomic E-state index is 11.0. The van der Waals surface area contributed by atoms with Crippen LogP contribution in [0.25, 0.3) is 0 Å². The summed E-state index contributed by atoms with van der Waals surface area (Å²) >= 11 is 0. The van der Waals surface area contributed by atoms with E-state index in [0.717, 1.165) is 22.6 Å². The van der Waals surface area contributed by atoms with Gasteiger partial charge in [0.05, 0.1) is 17.2 Å². The first kappa shape index (κ1) is 13.1. The van der Waals surface area contributed by atoms with Crippen molar-refractivity contribution >= 4 is 11.8 Å². The van der Waals surface area contributed by atoms with Crippen molar-refractivity contribution in [1.82, 2.24) is 4.98 Å². The molecule has 0 unspecified atom stereocenters. The van der Waals surface area contributed by atoms with Crippen LogP contribution in [-0.2, 0) is 13.1 Å². The van der Waals surface area contributed by atoms with Crippen molar-refractivity contribution in [3.05, 3.63) is 58.3 Å². The van der Waals surface area contributed by atoms with Crippen LogP contribution in [0.15, 0.2) is 30.3 Å². The zero-order chi connectivity index (χ0) is 15.0. The lowest BCUT2D eigenvalue weighted by Gasteiger charge is -2.17. The number of carboxylic acid groups (broad SMARTS) is 1. The van der Waals surface area contributed by atoms with Crippen molar-refractivity contribution in [2.45, 2.75) is 20.0 Å². The number of aromatic carboxylic acids is 1. The lowest BCUT2D eigenvalue weighted by Crippen LogP contribution is -2.16. The van der Waals surface area contributed by atoms with Crippen molar-refractivity contribution in [1.29, 1.82) is 5.26 Å². The first-order valence-electron chi connectivity index (χ1n) is 6.55. The second-order valence-corrected chi connectivity index (χ2v) is 5.11. The highest BCUT2D eigenvalue weighted by Crippen LogP contribution is 2.28. The number of carbonyl (C=O) groups is 1. The van der Waals surface area contributed by atoms with Crippen molar-refractivity contribution in [2.75, 3.05) is 4.90 Å². The number of carboxylic acids is 1. The molecule has 0 bridgehead atoms. The van der Waals surface area contributed by atoms with Crippen LogP contribution in [-0.4, -0.2) is 16.1 Å². The normalized spacial score (nSPS) is 12.9. The topological polar surface area (TPSA) is 77.2 Å². The zero-order valence-corrected chi connectivity index (χ0v) is 11.5. The van der Waals surface area contributed by atoms with Gasteiger partial charge in [0.1, 0.15) is 5.82 Å². The molecule has 1 aromatic heterocycles. The number of nitriles is 1. The molecular formula is C16H13N3O2. The molecule has 3 rings (SSSR count). The molecule has 1 N–H and O–H groups in total. The minimum atomic E-state index is -0.920. The molecule has 2 heterocycles. The smallest absolute Gasteiger partial charge is 0.335 e. The van der Waals surface area contributed by atoms with Crippen LogP contribution >= 0.6 is 0 Å². The van der Waals surface area contributed by atoms with E-state index in [9.17, 15) is 4.79 Å². The fourth-order valence-electron chi connectivity index (χ4n) is 2.57. The predicted octanol–water partition coefficient (Wildman–Crippen LogP) is 2.48. The Labute approximate surface area is 122 Å². The van der Waals surface area contributed by atoms with Crippen molar-refractivity contribution in [3.63, 3.8) is 0 Å². The Morgan fingerprint density at radius 2 is 2.05 bits per heavy atom. The monoisotopic (exact) mass is 279 g/mol. The zero-order valence-electron chi connectivity index (χ0n) is 11.5. The average molecular weight is 279 g/mol. The van der Waals surface area contributed by atoms with Crippen LogP contribution in [0.2, 0.25) is 0 Å². The molecule has 1 aliphatic heterocycles. The van der Waals surface area contributed by atoms with Crippen LogP contribution in [0.1, 0.15) is 32.7 Å². The van der Waals surface area contributed by atoms with Gasteiger partial charge in [-0.15, -0.1) is 0 Å². The number of benzene rings is 1. The van der Waals surface area contributed by atoms with Gasteiger partial charge in [0, 0.05) is 18.8 Å². The summed E-state index contributed by atoms with van der Waals surface area (Å²) in [7, 11) is 0. The van der Waals surface area contributed by atoms with Gasteiger partial charge >= 0.3 is 5.97 Å². The number of hydrogen-bond donors (Lipinski definition) is 1. The van der Waals surface area contributed by atoms with Gasteiger partial charge in [0.15, 0.2) is 0 Å². The minimum absolute atomic E-state index is 0.297.